The van der Waals surface area contributed by atoms with Crippen LogP contribution in [0.2, 0.25) is 0 Å². The molecule has 108 valence electrons. The van der Waals surface area contributed by atoms with E-state index in [2.05, 4.69) is 22.9 Å². The van der Waals surface area contributed by atoms with Crippen molar-refractivity contribution in [1.82, 2.24) is 4.90 Å². The van der Waals surface area contributed by atoms with E-state index in [4.69, 9.17) is 4.74 Å². The molecule has 1 aliphatic heterocycles. The quantitative estimate of drug-likeness (QED) is 0.825. The van der Waals surface area contributed by atoms with E-state index in [1.165, 1.54) is 0 Å². The fourth-order valence-electron chi connectivity index (χ4n) is 2.57. The number of halogens is 1. The summed E-state index contributed by atoms with van der Waals surface area (Å²) in [5.74, 6) is 0.799. The molecule has 0 saturated heterocycles. The topological polar surface area (TPSA) is 29.5 Å². The van der Waals surface area contributed by atoms with Gasteiger partial charge in [-0.3, -0.25) is 4.79 Å². The lowest BCUT2D eigenvalue weighted by molar-refractivity contribution is -0.135. The molecule has 0 unspecified atom stereocenters. The van der Waals surface area contributed by atoms with Crippen molar-refractivity contribution in [3.05, 3.63) is 64.1 Å². The van der Waals surface area contributed by atoms with Crippen LogP contribution in [0.1, 0.15) is 24.1 Å². The second kappa shape index (κ2) is 5.90. The monoisotopic (exact) mass is 345 g/mol. The zero-order valence-corrected chi connectivity index (χ0v) is 13.3. The molecular weight excluding hydrogens is 330 g/mol. The molecule has 2 aromatic carbocycles. The molecule has 1 heterocycles. The Morgan fingerprint density at radius 2 is 1.95 bits per heavy atom. The molecule has 1 amide bonds. The molecule has 3 rings (SSSR count). The highest BCUT2D eigenvalue weighted by molar-refractivity contribution is 9.10. The lowest BCUT2D eigenvalue weighted by Gasteiger charge is -2.28. The first kappa shape index (κ1) is 14.1. The van der Waals surface area contributed by atoms with Gasteiger partial charge < -0.3 is 9.64 Å². The Balaban J connectivity index is 1.93. The highest BCUT2D eigenvalue weighted by Crippen LogP contribution is 2.30. The minimum atomic E-state index is 0.0127. The number of carbonyl (C=O) groups excluding carboxylic acids is 1. The van der Waals surface area contributed by atoms with E-state index >= 15 is 0 Å². The smallest absolute Gasteiger partial charge is 0.261 e. The maximum absolute atomic E-state index is 12.4. The van der Waals surface area contributed by atoms with Gasteiger partial charge in [0.15, 0.2) is 6.61 Å². The Morgan fingerprint density at radius 1 is 1.19 bits per heavy atom. The van der Waals surface area contributed by atoms with Crippen LogP contribution in [-0.4, -0.2) is 17.4 Å². The van der Waals surface area contributed by atoms with Crippen LogP contribution in [0.3, 0.4) is 0 Å². The molecule has 1 atom stereocenters. The second-order valence-electron chi connectivity index (χ2n) is 5.15. The Kier molecular flexibility index (Phi) is 3.97. The standard InChI is InChI=1S/C17H16BrNO2/c1-12(13-5-3-2-4-6-13)19-10-14-9-15(18)7-8-16(14)21-11-17(19)20/h2-9,12H,10-11H2,1H3/t12-/m0/s1. The summed E-state index contributed by atoms with van der Waals surface area (Å²) in [4.78, 5) is 14.2. The molecule has 0 aromatic heterocycles. The molecule has 0 fully saturated rings. The average Bonchev–Trinajstić information content (AvgIpc) is 2.67. The van der Waals surface area contributed by atoms with Gasteiger partial charge in [0, 0.05) is 10.0 Å². The van der Waals surface area contributed by atoms with E-state index in [1.54, 1.807) is 0 Å². The van der Waals surface area contributed by atoms with Crippen LogP contribution in [0.4, 0.5) is 0 Å². The van der Waals surface area contributed by atoms with E-state index in [1.807, 2.05) is 53.4 Å². The zero-order chi connectivity index (χ0) is 14.8. The Labute approximate surface area is 132 Å². The van der Waals surface area contributed by atoms with Crippen molar-refractivity contribution in [3.8, 4) is 5.75 Å². The fraction of sp³-hybridized carbons (Fsp3) is 0.235. The summed E-state index contributed by atoms with van der Waals surface area (Å²) < 4.78 is 6.61. The van der Waals surface area contributed by atoms with Gasteiger partial charge in [0.25, 0.3) is 5.91 Å². The fourth-order valence-corrected chi connectivity index (χ4v) is 2.98. The normalized spacial score (nSPS) is 15.9. The third-order valence-electron chi connectivity index (χ3n) is 3.78. The highest BCUT2D eigenvalue weighted by Gasteiger charge is 2.26. The third kappa shape index (κ3) is 2.95. The molecule has 2 aromatic rings. The number of amides is 1. The summed E-state index contributed by atoms with van der Waals surface area (Å²) in [6, 6.07) is 15.9. The van der Waals surface area contributed by atoms with E-state index in [-0.39, 0.29) is 18.6 Å². The van der Waals surface area contributed by atoms with Crippen molar-refractivity contribution < 1.29 is 9.53 Å². The summed E-state index contributed by atoms with van der Waals surface area (Å²) in [6.07, 6.45) is 0. The number of nitrogens with zero attached hydrogens (tertiary/aromatic N) is 1. The van der Waals surface area contributed by atoms with E-state index in [0.717, 1.165) is 21.3 Å². The van der Waals surface area contributed by atoms with Crippen molar-refractivity contribution in [2.45, 2.75) is 19.5 Å². The predicted molar refractivity (Wildman–Crippen MR) is 85.0 cm³/mol. The molecule has 0 N–H and O–H groups in total. The maximum atomic E-state index is 12.4. The largest absolute Gasteiger partial charge is 0.483 e. The summed E-state index contributed by atoms with van der Waals surface area (Å²) >= 11 is 3.47. The van der Waals surface area contributed by atoms with Gasteiger partial charge in [0.05, 0.1) is 12.6 Å². The van der Waals surface area contributed by atoms with Gasteiger partial charge in [0.2, 0.25) is 0 Å². The first-order valence-electron chi connectivity index (χ1n) is 6.91. The van der Waals surface area contributed by atoms with Gasteiger partial charge in [-0.2, -0.15) is 0 Å². The Hall–Kier alpha value is -1.81. The summed E-state index contributed by atoms with van der Waals surface area (Å²) in [7, 11) is 0. The van der Waals surface area contributed by atoms with Crippen molar-refractivity contribution in [2.24, 2.45) is 0 Å². The van der Waals surface area contributed by atoms with Crippen molar-refractivity contribution >= 4 is 21.8 Å². The number of ether oxygens (including phenoxy) is 1. The van der Waals surface area contributed by atoms with E-state index in [0.29, 0.717) is 6.54 Å². The van der Waals surface area contributed by atoms with Gasteiger partial charge in [-0.1, -0.05) is 46.3 Å². The summed E-state index contributed by atoms with van der Waals surface area (Å²) in [5.41, 5.74) is 2.15. The maximum Gasteiger partial charge on any atom is 0.261 e. The minimum absolute atomic E-state index is 0.0127. The SMILES string of the molecule is C[C@@H](c1ccccc1)N1Cc2cc(Br)ccc2OCC1=O. The number of benzene rings is 2. The van der Waals surface area contributed by atoms with Crippen molar-refractivity contribution in [3.63, 3.8) is 0 Å². The van der Waals surface area contributed by atoms with Crippen LogP contribution in [0.25, 0.3) is 0 Å². The van der Waals surface area contributed by atoms with Crippen LogP contribution >= 0.6 is 15.9 Å². The molecule has 0 spiro atoms. The number of fused-ring (bicyclic) bond motifs is 1. The molecule has 4 heteroatoms. The van der Waals surface area contributed by atoms with Crippen LogP contribution < -0.4 is 4.74 Å². The lowest BCUT2D eigenvalue weighted by Crippen LogP contribution is -2.34. The van der Waals surface area contributed by atoms with Gasteiger partial charge in [-0.05, 0) is 30.7 Å². The van der Waals surface area contributed by atoms with Crippen molar-refractivity contribution in [1.29, 1.82) is 0 Å². The lowest BCUT2D eigenvalue weighted by atomic mass is 10.1. The third-order valence-corrected chi connectivity index (χ3v) is 4.28. The van der Waals surface area contributed by atoms with Crippen LogP contribution in [0.5, 0.6) is 5.75 Å². The Morgan fingerprint density at radius 3 is 2.71 bits per heavy atom. The molecule has 21 heavy (non-hydrogen) atoms. The van der Waals surface area contributed by atoms with Crippen LogP contribution in [0, 0.1) is 0 Å². The van der Waals surface area contributed by atoms with E-state index < -0.39 is 0 Å². The molecular formula is C17H16BrNO2. The number of rotatable bonds is 2. The molecule has 0 aliphatic carbocycles. The van der Waals surface area contributed by atoms with Gasteiger partial charge in [0.1, 0.15) is 5.75 Å². The van der Waals surface area contributed by atoms with Crippen molar-refractivity contribution in [2.75, 3.05) is 6.61 Å². The first-order valence-corrected chi connectivity index (χ1v) is 7.70. The van der Waals surface area contributed by atoms with Crippen LogP contribution in [0.15, 0.2) is 53.0 Å². The minimum Gasteiger partial charge on any atom is -0.483 e. The summed E-state index contributed by atoms with van der Waals surface area (Å²) in [5, 5.41) is 0. The summed E-state index contributed by atoms with van der Waals surface area (Å²) in [6.45, 7) is 2.70. The second-order valence-corrected chi connectivity index (χ2v) is 6.06. The number of hydrogen-bond donors (Lipinski definition) is 0. The van der Waals surface area contributed by atoms with E-state index in [9.17, 15) is 4.79 Å². The van der Waals surface area contributed by atoms with Gasteiger partial charge >= 0.3 is 0 Å². The molecule has 0 radical (unpaired) electrons. The Bertz CT molecular complexity index is 657. The van der Waals surface area contributed by atoms with Gasteiger partial charge in [-0.15, -0.1) is 0 Å². The molecule has 0 saturated carbocycles. The zero-order valence-electron chi connectivity index (χ0n) is 11.8. The first-order chi connectivity index (χ1) is 10.1. The van der Waals surface area contributed by atoms with Gasteiger partial charge in [-0.25, -0.2) is 0 Å². The number of hydrogen-bond acceptors (Lipinski definition) is 2. The molecule has 1 aliphatic rings. The average molecular weight is 346 g/mol. The molecule has 3 nitrogen and oxygen atoms in total. The number of carbonyl (C=O) groups is 1. The molecule has 0 bridgehead atoms. The van der Waals surface area contributed by atoms with Crippen LogP contribution in [-0.2, 0) is 11.3 Å². The predicted octanol–water partition coefficient (Wildman–Crippen LogP) is 3.93. The highest BCUT2D eigenvalue weighted by atomic mass is 79.9.